The molecule has 3 unspecified atom stereocenters. The average Bonchev–Trinajstić information content (AvgIpc) is 2.43. The molecule has 112 valence electrons. The zero-order valence-corrected chi connectivity index (χ0v) is 13.8. The lowest BCUT2D eigenvalue weighted by Gasteiger charge is -2.36. The van der Waals surface area contributed by atoms with Crippen molar-refractivity contribution in [1.29, 1.82) is 0 Å². The summed E-state index contributed by atoms with van der Waals surface area (Å²) in [5.74, 6) is 1.64. The Balaban J connectivity index is 2.07. The topological polar surface area (TPSA) is 12.0 Å². The van der Waals surface area contributed by atoms with Crippen LogP contribution >= 0.6 is 11.6 Å². The molecule has 1 saturated carbocycles. The quantitative estimate of drug-likeness (QED) is 0.806. The fourth-order valence-electron chi connectivity index (χ4n) is 3.74. The van der Waals surface area contributed by atoms with Gasteiger partial charge >= 0.3 is 0 Å². The Labute approximate surface area is 129 Å². The first kappa shape index (κ1) is 15.9. The molecular formula is C18H28ClN. The van der Waals surface area contributed by atoms with Crippen molar-refractivity contribution in [2.45, 2.75) is 58.4 Å². The molecule has 0 heterocycles. The first-order valence-corrected chi connectivity index (χ1v) is 8.44. The van der Waals surface area contributed by atoms with Crippen LogP contribution in [0.1, 0.15) is 50.2 Å². The van der Waals surface area contributed by atoms with Crippen molar-refractivity contribution in [3.8, 4) is 0 Å². The standard InChI is InChI=1S/C18H28ClN/c1-4-5-14-7-9-18(20-3)16(11-14)12-15-8-6-13(2)10-17(15)19/h6,8,10,14,16,18,20H,4-5,7,9,11-12H2,1-3H3. The molecule has 0 aliphatic heterocycles. The van der Waals surface area contributed by atoms with Crippen LogP contribution < -0.4 is 5.32 Å². The predicted octanol–water partition coefficient (Wildman–Crippen LogP) is 5.00. The van der Waals surface area contributed by atoms with Crippen LogP contribution in [-0.2, 0) is 6.42 Å². The van der Waals surface area contributed by atoms with Gasteiger partial charge in [0.1, 0.15) is 0 Å². The first-order chi connectivity index (χ1) is 9.63. The van der Waals surface area contributed by atoms with Crippen molar-refractivity contribution >= 4 is 11.6 Å². The third kappa shape index (κ3) is 3.99. The van der Waals surface area contributed by atoms with E-state index in [-0.39, 0.29) is 0 Å². The second-order valence-corrected chi connectivity index (χ2v) is 6.83. The zero-order chi connectivity index (χ0) is 14.5. The van der Waals surface area contributed by atoms with Gasteiger partial charge in [0.15, 0.2) is 0 Å². The lowest BCUT2D eigenvalue weighted by Crippen LogP contribution is -2.39. The van der Waals surface area contributed by atoms with Crippen LogP contribution in [0.25, 0.3) is 0 Å². The van der Waals surface area contributed by atoms with Crippen LogP contribution in [0.2, 0.25) is 5.02 Å². The number of halogens is 1. The highest BCUT2D eigenvalue weighted by Crippen LogP contribution is 2.35. The van der Waals surface area contributed by atoms with E-state index >= 15 is 0 Å². The number of aryl methyl sites for hydroxylation is 1. The maximum absolute atomic E-state index is 6.42. The van der Waals surface area contributed by atoms with Gasteiger partial charge in [-0.3, -0.25) is 0 Å². The van der Waals surface area contributed by atoms with E-state index in [0.717, 1.165) is 23.3 Å². The largest absolute Gasteiger partial charge is 0.317 e. The summed E-state index contributed by atoms with van der Waals surface area (Å²) >= 11 is 6.42. The summed E-state index contributed by atoms with van der Waals surface area (Å²) < 4.78 is 0. The molecule has 0 saturated heterocycles. The van der Waals surface area contributed by atoms with Gasteiger partial charge in [0.2, 0.25) is 0 Å². The fourth-order valence-corrected chi connectivity index (χ4v) is 4.05. The van der Waals surface area contributed by atoms with Gasteiger partial charge < -0.3 is 5.32 Å². The van der Waals surface area contributed by atoms with E-state index < -0.39 is 0 Å². The Morgan fingerprint density at radius 2 is 2.10 bits per heavy atom. The van der Waals surface area contributed by atoms with Crippen molar-refractivity contribution in [3.63, 3.8) is 0 Å². The monoisotopic (exact) mass is 293 g/mol. The normalized spacial score (nSPS) is 26.7. The molecule has 1 aliphatic carbocycles. The number of rotatable bonds is 5. The zero-order valence-electron chi connectivity index (χ0n) is 13.1. The second kappa shape index (κ2) is 7.47. The second-order valence-electron chi connectivity index (χ2n) is 6.42. The van der Waals surface area contributed by atoms with Gasteiger partial charge in [0.25, 0.3) is 0 Å². The van der Waals surface area contributed by atoms with Gasteiger partial charge in [-0.1, -0.05) is 43.5 Å². The Bertz CT molecular complexity index is 429. The summed E-state index contributed by atoms with van der Waals surface area (Å²) in [4.78, 5) is 0. The first-order valence-electron chi connectivity index (χ1n) is 8.06. The fraction of sp³-hybridized carbons (Fsp3) is 0.667. The number of hydrogen-bond acceptors (Lipinski definition) is 1. The summed E-state index contributed by atoms with van der Waals surface area (Å²) in [6, 6.07) is 7.15. The Kier molecular flexibility index (Phi) is 5.92. The van der Waals surface area contributed by atoms with Crippen molar-refractivity contribution in [2.24, 2.45) is 11.8 Å². The predicted molar refractivity (Wildman–Crippen MR) is 88.5 cm³/mol. The van der Waals surface area contributed by atoms with Crippen LogP contribution in [0.15, 0.2) is 18.2 Å². The molecule has 0 amide bonds. The molecule has 0 radical (unpaired) electrons. The molecule has 1 N–H and O–H groups in total. The van der Waals surface area contributed by atoms with E-state index in [4.69, 9.17) is 11.6 Å². The molecule has 0 aromatic heterocycles. The lowest BCUT2D eigenvalue weighted by molar-refractivity contribution is 0.200. The van der Waals surface area contributed by atoms with E-state index in [1.165, 1.54) is 43.2 Å². The number of benzene rings is 1. The van der Waals surface area contributed by atoms with Gasteiger partial charge in [-0.2, -0.15) is 0 Å². The Morgan fingerprint density at radius 1 is 1.30 bits per heavy atom. The Morgan fingerprint density at radius 3 is 2.75 bits per heavy atom. The van der Waals surface area contributed by atoms with Crippen LogP contribution in [0.3, 0.4) is 0 Å². The molecule has 0 spiro atoms. The van der Waals surface area contributed by atoms with E-state index in [1.54, 1.807) is 0 Å². The van der Waals surface area contributed by atoms with Crippen molar-refractivity contribution < 1.29 is 0 Å². The molecule has 1 aliphatic rings. The number of nitrogens with one attached hydrogen (secondary N) is 1. The highest BCUT2D eigenvalue weighted by molar-refractivity contribution is 6.31. The van der Waals surface area contributed by atoms with Crippen LogP contribution in [0, 0.1) is 18.8 Å². The lowest BCUT2D eigenvalue weighted by atomic mass is 9.74. The van der Waals surface area contributed by atoms with E-state index in [9.17, 15) is 0 Å². The summed E-state index contributed by atoms with van der Waals surface area (Å²) in [7, 11) is 2.11. The van der Waals surface area contributed by atoms with Crippen LogP contribution in [-0.4, -0.2) is 13.1 Å². The van der Waals surface area contributed by atoms with Crippen LogP contribution in [0.5, 0.6) is 0 Å². The molecule has 1 nitrogen and oxygen atoms in total. The molecule has 1 aromatic carbocycles. The van der Waals surface area contributed by atoms with Gasteiger partial charge in [-0.05, 0) is 68.7 Å². The molecule has 2 heteroatoms. The van der Waals surface area contributed by atoms with Gasteiger partial charge in [0.05, 0.1) is 0 Å². The third-order valence-electron chi connectivity index (χ3n) is 4.85. The molecule has 3 atom stereocenters. The van der Waals surface area contributed by atoms with Crippen LogP contribution in [0.4, 0.5) is 0 Å². The van der Waals surface area contributed by atoms with Crippen molar-refractivity contribution in [1.82, 2.24) is 5.32 Å². The SMILES string of the molecule is CCCC1CCC(NC)C(Cc2ccc(C)cc2Cl)C1. The van der Waals surface area contributed by atoms with Gasteiger partial charge in [-0.15, -0.1) is 0 Å². The summed E-state index contributed by atoms with van der Waals surface area (Å²) in [6.07, 6.45) is 7.86. The minimum Gasteiger partial charge on any atom is -0.317 e. The minimum absolute atomic E-state index is 0.653. The Hall–Kier alpha value is -0.530. The minimum atomic E-state index is 0.653. The van der Waals surface area contributed by atoms with E-state index in [0.29, 0.717) is 6.04 Å². The summed E-state index contributed by atoms with van der Waals surface area (Å²) in [6.45, 7) is 4.40. The highest BCUT2D eigenvalue weighted by Gasteiger charge is 2.29. The average molecular weight is 294 g/mol. The molecule has 2 rings (SSSR count). The molecule has 1 fully saturated rings. The van der Waals surface area contributed by atoms with Crippen molar-refractivity contribution in [2.75, 3.05) is 7.05 Å². The van der Waals surface area contributed by atoms with E-state index in [2.05, 4.69) is 44.4 Å². The highest BCUT2D eigenvalue weighted by atomic mass is 35.5. The van der Waals surface area contributed by atoms with E-state index in [1.807, 2.05) is 0 Å². The maximum Gasteiger partial charge on any atom is 0.0440 e. The molecule has 20 heavy (non-hydrogen) atoms. The molecule has 1 aromatic rings. The summed E-state index contributed by atoms with van der Waals surface area (Å²) in [5.41, 5.74) is 2.57. The third-order valence-corrected chi connectivity index (χ3v) is 5.20. The molecular weight excluding hydrogens is 266 g/mol. The summed E-state index contributed by atoms with van der Waals surface area (Å²) in [5, 5.41) is 4.47. The number of hydrogen-bond donors (Lipinski definition) is 1. The molecule has 0 bridgehead atoms. The smallest absolute Gasteiger partial charge is 0.0440 e. The van der Waals surface area contributed by atoms with Gasteiger partial charge in [0, 0.05) is 11.1 Å². The van der Waals surface area contributed by atoms with Gasteiger partial charge in [-0.25, -0.2) is 0 Å². The van der Waals surface area contributed by atoms with Crippen molar-refractivity contribution in [3.05, 3.63) is 34.3 Å². The maximum atomic E-state index is 6.42.